The second-order valence-corrected chi connectivity index (χ2v) is 12.0. The van der Waals surface area contributed by atoms with Crippen molar-refractivity contribution in [3.63, 3.8) is 0 Å². The number of carbonyl (C=O) groups excluding carboxylic acids is 3. The number of ether oxygens (including phenoxy) is 1. The summed E-state index contributed by atoms with van der Waals surface area (Å²) in [5.41, 5.74) is 2.55. The molecule has 1 saturated carbocycles. The molecule has 1 aliphatic carbocycles. The van der Waals surface area contributed by atoms with Crippen LogP contribution in [0.2, 0.25) is 0 Å². The van der Waals surface area contributed by atoms with Crippen molar-refractivity contribution >= 4 is 29.5 Å². The SMILES string of the molecule is CC(C)(C)OC(=O)[C@H]1[C@H](CN2C(=O)c3ccccc3C2=O)CC[C@@H]1Sc1ccc(-c2ccccc2)cc1. The number of imide groups is 1. The molecule has 3 atom stereocenters. The van der Waals surface area contributed by atoms with Crippen molar-refractivity contribution in [1.82, 2.24) is 4.90 Å². The maximum atomic E-state index is 13.4. The third-order valence-electron chi connectivity index (χ3n) is 6.95. The minimum atomic E-state index is -0.619. The second kappa shape index (κ2) is 10.2. The van der Waals surface area contributed by atoms with Gasteiger partial charge in [0.25, 0.3) is 11.8 Å². The third kappa shape index (κ3) is 5.35. The first kappa shape index (κ1) is 25.3. The van der Waals surface area contributed by atoms with Crippen LogP contribution in [0.25, 0.3) is 11.1 Å². The molecule has 2 amide bonds. The van der Waals surface area contributed by atoms with Crippen LogP contribution in [0.1, 0.15) is 54.3 Å². The van der Waals surface area contributed by atoms with Gasteiger partial charge in [0.15, 0.2) is 0 Å². The van der Waals surface area contributed by atoms with Crippen LogP contribution < -0.4 is 0 Å². The average Bonchev–Trinajstić information content (AvgIpc) is 3.38. The van der Waals surface area contributed by atoms with Crippen molar-refractivity contribution in [2.45, 2.75) is 49.4 Å². The van der Waals surface area contributed by atoms with E-state index in [0.717, 1.165) is 28.9 Å². The van der Waals surface area contributed by atoms with Crippen molar-refractivity contribution in [3.8, 4) is 11.1 Å². The summed E-state index contributed by atoms with van der Waals surface area (Å²) in [7, 11) is 0. The lowest BCUT2D eigenvalue weighted by Gasteiger charge is -2.29. The predicted molar refractivity (Wildman–Crippen MR) is 145 cm³/mol. The van der Waals surface area contributed by atoms with E-state index >= 15 is 0 Å². The van der Waals surface area contributed by atoms with Crippen LogP contribution in [0.3, 0.4) is 0 Å². The highest BCUT2D eigenvalue weighted by molar-refractivity contribution is 8.00. The molecule has 1 heterocycles. The Morgan fingerprint density at radius 1 is 0.838 bits per heavy atom. The topological polar surface area (TPSA) is 63.7 Å². The monoisotopic (exact) mass is 513 g/mol. The zero-order valence-corrected chi connectivity index (χ0v) is 22.2. The van der Waals surface area contributed by atoms with Gasteiger partial charge in [-0.15, -0.1) is 11.8 Å². The zero-order valence-electron chi connectivity index (χ0n) is 21.3. The molecule has 0 radical (unpaired) electrons. The van der Waals surface area contributed by atoms with E-state index in [4.69, 9.17) is 4.74 Å². The standard InChI is InChI=1S/C31H31NO4S/c1-31(2,3)36-30(35)27-22(19-32-28(33)24-11-7-8-12-25(24)29(32)34)15-18-26(27)37-23-16-13-21(14-17-23)20-9-5-4-6-10-20/h4-14,16-17,22,26-27H,15,18-19H2,1-3H3/t22-,26-,27-/m0/s1. The molecule has 5 nitrogen and oxygen atoms in total. The Hall–Kier alpha value is -3.38. The van der Waals surface area contributed by atoms with Gasteiger partial charge in [-0.2, -0.15) is 0 Å². The summed E-state index contributed by atoms with van der Waals surface area (Å²) in [5, 5.41) is -0.00222. The van der Waals surface area contributed by atoms with Gasteiger partial charge >= 0.3 is 5.97 Å². The number of esters is 1. The Labute approximate surface area is 222 Å². The first-order valence-electron chi connectivity index (χ1n) is 12.7. The van der Waals surface area contributed by atoms with Gasteiger partial charge in [0.1, 0.15) is 5.60 Å². The molecule has 0 bridgehead atoms. The van der Waals surface area contributed by atoms with Crippen molar-refractivity contribution < 1.29 is 19.1 Å². The number of nitrogens with zero attached hydrogens (tertiary/aromatic N) is 1. The summed E-state index contributed by atoms with van der Waals surface area (Å²) in [6.45, 7) is 5.82. The highest BCUT2D eigenvalue weighted by Gasteiger charge is 2.46. The van der Waals surface area contributed by atoms with Crippen molar-refractivity contribution in [2.24, 2.45) is 11.8 Å². The molecule has 0 saturated heterocycles. The molecule has 37 heavy (non-hydrogen) atoms. The van der Waals surface area contributed by atoms with E-state index in [1.165, 1.54) is 4.90 Å². The summed E-state index contributed by atoms with van der Waals surface area (Å²) in [4.78, 5) is 41.8. The summed E-state index contributed by atoms with van der Waals surface area (Å²) in [6, 6.07) is 25.5. The number of rotatable bonds is 6. The molecule has 190 valence electrons. The number of amides is 2. The highest BCUT2D eigenvalue weighted by atomic mass is 32.2. The number of hydrogen-bond acceptors (Lipinski definition) is 5. The molecule has 0 spiro atoms. The smallest absolute Gasteiger partial charge is 0.310 e. The van der Waals surface area contributed by atoms with Gasteiger partial charge < -0.3 is 4.74 Å². The van der Waals surface area contributed by atoms with Crippen molar-refractivity contribution in [3.05, 3.63) is 90.0 Å². The van der Waals surface area contributed by atoms with Crippen LogP contribution in [0.5, 0.6) is 0 Å². The van der Waals surface area contributed by atoms with Crippen molar-refractivity contribution in [1.29, 1.82) is 0 Å². The average molecular weight is 514 g/mol. The van der Waals surface area contributed by atoms with E-state index in [-0.39, 0.29) is 35.5 Å². The molecular formula is C31H31NO4S. The van der Waals surface area contributed by atoms with E-state index < -0.39 is 11.5 Å². The molecular weight excluding hydrogens is 482 g/mol. The number of fused-ring (bicyclic) bond motifs is 1. The Bertz CT molecular complexity index is 1280. The van der Waals surface area contributed by atoms with Gasteiger partial charge in [-0.05, 0) is 74.9 Å². The van der Waals surface area contributed by atoms with E-state index in [2.05, 4.69) is 36.4 Å². The Morgan fingerprint density at radius 2 is 1.41 bits per heavy atom. The van der Waals surface area contributed by atoms with E-state index in [0.29, 0.717) is 11.1 Å². The molecule has 0 unspecified atom stereocenters. The maximum absolute atomic E-state index is 13.4. The highest BCUT2D eigenvalue weighted by Crippen LogP contribution is 2.45. The van der Waals surface area contributed by atoms with Crippen LogP contribution in [-0.2, 0) is 9.53 Å². The fraction of sp³-hybridized carbons (Fsp3) is 0.323. The number of hydrogen-bond donors (Lipinski definition) is 0. The fourth-order valence-corrected chi connectivity index (χ4v) is 6.64. The number of benzene rings is 3. The molecule has 1 fully saturated rings. The molecule has 2 aliphatic rings. The lowest BCUT2D eigenvalue weighted by atomic mass is 9.95. The van der Waals surface area contributed by atoms with E-state index in [1.807, 2.05) is 39.0 Å². The maximum Gasteiger partial charge on any atom is 0.310 e. The fourth-order valence-electron chi connectivity index (χ4n) is 5.26. The molecule has 0 aromatic heterocycles. The summed E-state index contributed by atoms with van der Waals surface area (Å²) < 4.78 is 5.84. The minimum Gasteiger partial charge on any atom is -0.460 e. The summed E-state index contributed by atoms with van der Waals surface area (Å²) in [6.07, 6.45) is 1.56. The predicted octanol–water partition coefficient (Wildman–Crippen LogP) is 6.48. The van der Waals surface area contributed by atoms with Gasteiger partial charge in [-0.3, -0.25) is 19.3 Å². The Kier molecular flexibility index (Phi) is 6.95. The van der Waals surface area contributed by atoms with E-state index in [1.54, 1.807) is 36.0 Å². The van der Waals surface area contributed by atoms with Gasteiger partial charge in [0.2, 0.25) is 0 Å². The third-order valence-corrected chi connectivity index (χ3v) is 8.33. The molecule has 0 N–H and O–H groups in total. The zero-order chi connectivity index (χ0) is 26.2. The lowest BCUT2D eigenvalue weighted by Crippen LogP contribution is -2.40. The lowest BCUT2D eigenvalue weighted by molar-refractivity contribution is -0.161. The van der Waals surface area contributed by atoms with Gasteiger partial charge in [0.05, 0.1) is 17.0 Å². The van der Waals surface area contributed by atoms with Gasteiger partial charge in [0, 0.05) is 16.7 Å². The molecule has 1 aliphatic heterocycles. The largest absolute Gasteiger partial charge is 0.460 e. The van der Waals surface area contributed by atoms with Crippen LogP contribution in [0, 0.1) is 11.8 Å². The molecule has 3 aromatic carbocycles. The van der Waals surface area contributed by atoms with Crippen LogP contribution >= 0.6 is 11.8 Å². The van der Waals surface area contributed by atoms with Crippen LogP contribution in [0.4, 0.5) is 0 Å². The summed E-state index contributed by atoms with van der Waals surface area (Å²) in [5.74, 6) is -1.39. The van der Waals surface area contributed by atoms with Gasteiger partial charge in [-0.25, -0.2) is 0 Å². The van der Waals surface area contributed by atoms with Crippen LogP contribution in [-0.4, -0.2) is 40.1 Å². The Morgan fingerprint density at radius 3 is 2.00 bits per heavy atom. The minimum absolute atomic E-state index is 0.00222. The Balaban J connectivity index is 1.35. The first-order chi connectivity index (χ1) is 17.7. The number of thioether (sulfide) groups is 1. The quantitative estimate of drug-likeness (QED) is 0.279. The molecule has 5 rings (SSSR count). The molecule has 3 aromatic rings. The van der Waals surface area contributed by atoms with E-state index in [9.17, 15) is 14.4 Å². The molecule has 6 heteroatoms. The van der Waals surface area contributed by atoms with Crippen molar-refractivity contribution in [2.75, 3.05) is 6.54 Å². The second-order valence-electron chi connectivity index (χ2n) is 10.7. The van der Waals surface area contributed by atoms with Crippen LogP contribution in [0.15, 0.2) is 83.8 Å². The first-order valence-corrected chi connectivity index (χ1v) is 13.6. The number of carbonyl (C=O) groups is 3. The summed E-state index contributed by atoms with van der Waals surface area (Å²) >= 11 is 1.68. The normalized spacial score (nSPS) is 21.3. The van der Waals surface area contributed by atoms with Gasteiger partial charge in [-0.1, -0.05) is 54.6 Å².